The molecule has 0 aliphatic carbocycles. The van der Waals surface area contributed by atoms with Crippen molar-refractivity contribution in [2.24, 2.45) is 5.41 Å². The standard InChI is InChI=1S/C17H27ClFNO/c1-13-11-14(15(18)12-16(13)19)5-6-17(2,3)7-8-20-9-10-21-4/h11-12,20H,5-10H2,1-4H3. The molecule has 1 aromatic carbocycles. The van der Waals surface area contributed by atoms with Crippen molar-refractivity contribution in [1.82, 2.24) is 5.32 Å². The van der Waals surface area contributed by atoms with E-state index in [1.54, 1.807) is 14.0 Å². The maximum absolute atomic E-state index is 13.4. The highest BCUT2D eigenvalue weighted by molar-refractivity contribution is 6.31. The van der Waals surface area contributed by atoms with Crippen LogP contribution in [0.4, 0.5) is 4.39 Å². The van der Waals surface area contributed by atoms with Gasteiger partial charge in [-0.1, -0.05) is 31.5 Å². The number of hydrogen-bond donors (Lipinski definition) is 1. The maximum atomic E-state index is 13.4. The minimum atomic E-state index is -0.231. The average Bonchev–Trinajstić information content (AvgIpc) is 2.41. The molecule has 21 heavy (non-hydrogen) atoms. The van der Waals surface area contributed by atoms with Gasteiger partial charge in [-0.25, -0.2) is 4.39 Å². The smallest absolute Gasteiger partial charge is 0.127 e. The van der Waals surface area contributed by atoms with E-state index in [9.17, 15) is 4.39 Å². The van der Waals surface area contributed by atoms with Crippen molar-refractivity contribution in [3.63, 3.8) is 0 Å². The van der Waals surface area contributed by atoms with Crippen molar-refractivity contribution in [2.75, 3.05) is 26.8 Å². The molecule has 1 aromatic rings. The zero-order valence-corrected chi connectivity index (χ0v) is 14.3. The molecule has 2 nitrogen and oxygen atoms in total. The van der Waals surface area contributed by atoms with Gasteiger partial charge in [-0.3, -0.25) is 0 Å². The fraction of sp³-hybridized carbons (Fsp3) is 0.647. The van der Waals surface area contributed by atoms with Crippen LogP contribution in [0, 0.1) is 18.2 Å². The Balaban J connectivity index is 2.44. The van der Waals surface area contributed by atoms with Gasteiger partial charge in [-0.15, -0.1) is 0 Å². The molecule has 0 aromatic heterocycles. The monoisotopic (exact) mass is 315 g/mol. The number of nitrogens with one attached hydrogen (secondary N) is 1. The van der Waals surface area contributed by atoms with Gasteiger partial charge < -0.3 is 10.1 Å². The molecule has 120 valence electrons. The zero-order valence-electron chi connectivity index (χ0n) is 13.6. The van der Waals surface area contributed by atoms with Crippen molar-refractivity contribution in [3.05, 3.63) is 34.1 Å². The lowest BCUT2D eigenvalue weighted by molar-refractivity contribution is 0.197. The van der Waals surface area contributed by atoms with E-state index >= 15 is 0 Å². The third-order valence-electron chi connectivity index (χ3n) is 3.86. The van der Waals surface area contributed by atoms with Gasteiger partial charge in [0, 0.05) is 18.7 Å². The Hall–Kier alpha value is -0.640. The highest BCUT2D eigenvalue weighted by atomic mass is 35.5. The van der Waals surface area contributed by atoms with Crippen LogP contribution in [-0.2, 0) is 11.2 Å². The molecule has 0 aliphatic rings. The first-order valence-electron chi connectivity index (χ1n) is 7.50. The van der Waals surface area contributed by atoms with Crippen molar-refractivity contribution >= 4 is 11.6 Å². The second-order valence-electron chi connectivity index (χ2n) is 6.35. The van der Waals surface area contributed by atoms with Gasteiger partial charge in [0.2, 0.25) is 0 Å². The van der Waals surface area contributed by atoms with Crippen molar-refractivity contribution in [2.45, 2.75) is 40.0 Å². The lowest BCUT2D eigenvalue weighted by atomic mass is 9.83. The summed E-state index contributed by atoms with van der Waals surface area (Å²) in [7, 11) is 1.71. The molecular weight excluding hydrogens is 289 g/mol. The van der Waals surface area contributed by atoms with E-state index in [0.29, 0.717) is 10.6 Å². The van der Waals surface area contributed by atoms with E-state index in [-0.39, 0.29) is 11.2 Å². The van der Waals surface area contributed by atoms with Gasteiger partial charge in [-0.05, 0) is 55.3 Å². The molecule has 0 atom stereocenters. The number of benzene rings is 1. The average molecular weight is 316 g/mol. The summed E-state index contributed by atoms with van der Waals surface area (Å²) in [4.78, 5) is 0. The SMILES string of the molecule is COCCNCCC(C)(C)CCc1cc(C)c(F)cc1Cl. The number of ether oxygens (including phenoxy) is 1. The zero-order chi connectivity index (χ0) is 15.9. The van der Waals surface area contributed by atoms with Gasteiger partial charge in [-0.2, -0.15) is 0 Å². The predicted molar refractivity (Wildman–Crippen MR) is 87.6 cm³/mol. The highest BCUT2D eigenvalue weighted by Gasteiger charge is 2.18. The van der Waals surface area contributed by atoms with Gasteiger partial charge >= 0.3 is 0 Å². The number of aryl methyl sites for hydroxylation is 2. The van der Waals surface area contributed by atoms with Crippen LogP contribution >= 0.6 is 11.6 Å². The van der Waals surface area contributed by atoms with Crippen molar-refractivity contribution in [1.29, 1.82) is 0 Å². The molecule has 0 radical (unpaired) electrons. The Morgan fingerprint density at radius 2 is 1.95 bits per heavy atom. The van der Waals surface area contributed by atoms with Crippen LogP contribution in [0.1, 0.15) is 37.8 Å². The van der Waals surface area contributed by atoms with E-state index in [4.69, 9.17) is 16.3 Å². The normalized spacial score (nSPS) is 11.9. The predicted octanol–water partition coefficient (Wildman–Crippen LogP) is 4.37. The fourth-order valence-corrected chi connectivity index (χ4v) is 2.48. The molecule has 0 spiro atoms. The Morgan fingerprint density at radius 1 is 1.24 bits per heavy atom. The molecule has 1 N–H and O–H groups in total. The van der Waals surface area contributed by atoms with Crippen LogP contribution in [-0.4, -0.2) is 26.8 Å². The molecule has 0 saturated heterocycles. The van der Waals surface area contributed by atoms with E-state index in [0.717, 1.165) is 44.5 Å². The van der Waals surface area contributed by atoms with Gasteiger partial charge in [0.25, 0.3) is 0 Å². The minimum Gasteiger partial charge on any atom is -0.383 e. The molecule has 1 rings (SSSR count). The molecule has 4 heteroatoms. The summed E-state index contributed by atoms with van der Waals surface area (Å²) >= 11 is 6.13. The summed E-state index contributed by atoms with van der Waals surface area (Å²) in [6.45, 7) is 8.90. The summed E-state index contributed by atoms with van der Waals surface area (Å²) < 4.78 is 18.4. The second-order valence-corrected chi connectivity index (χ2v) is 6.76. The minimum absolute atomic E-state index is 0.228. The fourth-order valence-electron chi connectivity index (χ4n) is 2.23. The third kappa shape index (κ3) is 6.77. The van der Waals surface area contributed by atoms with Gasteiger partial charge in [0.05, 0.1) is 6.61 Å². The summed E-state index contributed by atoms with van der Waals surface area (Å²) in [5, 5.41) is 3.90. The largest absolute Gasteiger partial charge is 0.383 e. The molecule has 0 saturated carbocycles. The Bertz CT molecular complexity index is 449. The highest BCUT2D eigenvalue weighted by Crippen LogP contribution is 2.29. The van der Waals surface area contributed by atoms with Crippen LogP contribution < -0.4 is 5.32 Å². The molecule has 0 unspecified atom stereocenters. The summed E-state index contributed by atoms with van der Waals surface area (Å²) in [6.07, 6.45) is 3.00. The van der Waals surface area contributed by atoms with Crippen LogP contribution in [0.15, 0.2) is 12.1 Å². The number of methoxy groups -OCH3 is 1. The summed E-state index contributed by atoms with van der Waals surface area (Å²) in [5.41, 5.74) is 1.93. The van der Waals surface area contributed by atoms with Crippen LogP contribution in [0.3, 0.4) is 0 Å². The summed E-state index contributed by atoms with van der Waals surface area (Å²) in [5.74, 6) is -0.231. The Morgan fingerprint density at radius 3 is 2.62 bits per heavy atom. The Labute approximate surface area is 133 Å². The molecule has 0 aliphatic heterocycles. The van der Waals surface area contributed by atoms with E-state index in [2.05, 4.69) is 19.2 Å². The maximum Gasteiger partial charge on any atom is 0.127 e. The number of rotatable bonds is 9. The van der Waals surface area contributed by atoms with Crippen molar-refractivity contribution in [3.8, 4) is 0 Å². The second kappa shape index (κ2) is 8.72. The number of halogens is 2. The first-order chi connectivity index (χ1) is 9.85. The number of hydrogen-bond acceptors (Lipinski definition) is 2. The van der Waals surface area contributed by atoms with Crippen LogP contribution in [0.2, 0.25) is 5.02 Å². The topological polar surface area (TPSA) is 21.3 Å². The molecular formula is C17H27ClFNO. The Kier molecular flexibility index (Phi) is 7.64. The quantitative estimate of drug-likeness (QED) is 0.683. The molecule has 0 bridgehead atoms. The lowest BCUT2D eigenvalue weighted by Crippen LogP contribution is -2.25. The van der Waals surface area contributed by atoms with E-state index in [1.165, 1.54) is 6.07 Å². The lowest BCUT2D eigenvalue weighted by Gasteiger charge is -2.25. The van der Waals surface area contributed by atoms with E-state index in [1.807, 2.05) is 6.07 Å². The first kappa shape index (κ1) is 18.4. The van der Waals surface area contributed by atoms with Gasteiger partial charge in [0.15, 0.2) is 0 Å². The molecule has 0 heterocycles. The molecule has 0 amide bonds. The van der Waals surface area contributed by atoms with E-state index < -0.39 is 0 Å². The van der Waals surface area contributed by atoms with Crippen molar-refractivity contribution < 1.29 is 9.13 Å². The third-order valence-corrected chi connectivity index (χ3v) is 4.21. The van der Waals surface area contributed by atoms with Crippen LogP contribution in [0.25, 0.3) is 0 Å². The summed E-state index contributed by atoms with van der Waals surface area (Å²) in [6, 6.07) is 3.29. The van der Waals surface area contributed by atoms with Gasteiger partial charge in [0.1, 0.15) is 5.82 Å². The molecule has 0 fully saturated rings. The van der Waals surface area contributed by atoms with Crippen LogP contribution in [0.5, 0.6) is 0 Å². The first-order valence-corrected chi connectivity index (χ1v) is 7.88.